The number of benzene rings is 1. The molecule has 1 aromatic heterocycles. The molecule has 1 aromatic carbocycles. The Labute approximate surface area is 216 Å². The number of aliphatic hydroxyl groups is 1. The van der Waals surface area contributed by atoms with Crippen molar-refractivity contribution in [2.45, 2.75) is 35.1 Å². The van der Waals surface area contributed by atoms with Gasteiger partial charge in [-0.15, -0.1) is 34.5 Å². The molecular weight excluding hydrogens is 575 g/mol. The smallest absolute Gasteiger partial charge is 0.248 e. The molecule has 0 unspecified atom stereocenters. The molecule has 182 valence electrons. The second-order valence-electron chi connectivity index (χ2n) is 7.64. The van der Waals surface area contributed by atoms with Crippen molar-refractivity contribution in [1.29, 1.82) is 0 Å². The van der Waals surface area contributed by atoms with E-state index in [0.29, 0.717) is 30.8 Å². The van der Waals surface area contributed by atoms with Crippen LogP contribution in [0.5, 0.6) is 0 Å². The summed E-state index contributed by atoms with van der Waals surface area (Å²) in [6.07, 6.45) is 0.877. The number of carbonyl (C=O) groups excluding carboxylic acids is 1. The zero-order valence-corrected chi connectivity index (χ0v) is 22.5. The molecule has 0 aliphatic carbocycles. The number of sulfonamides is 1. The minimum atomic E-state index is -3.74. The van der Waals surface area contributed by atoms with Crippen molar-refractivity contribution in [2.75, 3.05) is 32.8 Å². The second-order valence-corrected chi connectivity index (χ2v) is 12.0. The van der Waals surface area contributed by atoms with Gasteiger partial charge in [-0.2, -0.15) is 0 Å². The lowest BCUT2D eigenvalue weighted by Crippen LogP contribution is -2.46. The number of nitrogens with zero attached hydrogens (tertiary/aromatic N) is 1. The van der Waals surface area contributed by atoms with Gasteiger partial charge in [0.05, 0.1) is 28.9 Å². The number of amides is 1. The van der Waals surface area contributed by atoms with Gasteiger partial charge in [0, 0.05) is 33.9 Å². The average Bonchev–Trinajstić information content (AvgIpc) is 3.24. The minimum absolute atomic E-state index is 0.0205. The molecule has 0 spiro atoms. The molecule has 1 fully saturated rings. The Morgan fingerprint density at radius 1 is 1.21 bits per heavy atom. The van der Waals surface area contributed by atoms with Gasteiger partial charge in [-0.1, -0.05) is 28.1 Å². The zero-order chi connectivity index (χ0) is 24.1. The Morgan fingerprint density at radius 3 is 2.48 bits per heavy atom. The van der Waals surface area contributed by atoms with Gasteiger partial charge >= 0.3 is 0 Å². The number of likely N-dealkylation sites (tertiary alicyclic amines) is 1. The van der Waals surface area contributed by atoms with Crippen LogP contribution in [0, 0.1) is 0 Å². The van der Waals surface area contributed by atoms with Gasteiger partial charge in [0.1, 0.15) is 6.61 Å². The molecule has 33 heavy (non-hydrogen) atoms. The Bertz CT molecular complexity index is 1060. The maximum atomic E-state index is 12.5. The Kier molecular flexibility index (Phi) is 9.62. The van der Waals surface area contributed by atoms with E-state index >= 15 is 0 Å². The van der Waals surface area contributed by atoms with E-state index in [1.807, 2.05) is 24.3 Å². The van der Waals surface area contributed by atoms with Crippen LogP contribution in [0.1, 0.15) is 28.2 Å². The lowest BCUT2D eigenvalue weighted by Gasteiger charge is -2.38. The molecule has 2 heterocycles. The highest BCUT2D eigenvalue weighted by molar-refractivity contribution is 9.10. The van der Waals surface area contributed by atoms with Crippen LogP contribution < -0.4 is 4.72 Å². The zero-order valence-electron chi connectivity index (χ0n) is 17.7. The molecule has 0 saturated carbocycles. The molecule has 2 N–H and O–H groups in total. The number of nitrogens with one attached hydrogen (secondary N) is 1. The molecule has 3 rings (SSSR count). The summed E-state index contributed by atoms with van der Waals surface area (Å²) in [5.74, 6) is 0.103. The maximum absolute atomic E-state index is 12.5. The van der Waals surface area contributed by atoms with Crippen molar-refractivity contribution in [3.8, 4) is 0 Å². The number of piperidine rings is 1. The van der Waals surface area contributed by atoms with Gasteiger partial charge in [0.25, 0.3) is 0 Å². The number of carbonyl (C=O) groups is 1. The molecule has 1 amide bonds. The summed E-state index contributed by atoms with van der Waals surface area (Å²) < 4.78 is 33.8. The molecule has 0 radical (unpaired) electrons. The summed E-state index contributed by atoms with van der Waals surface area (Å²) in [6, 6.07) is 9.06. The fourth-order valence-corrected chi connectivity index (χ4v) is 6.96. The number of hydrogen-bond donors (Lipinski definition) is 2. The predicted octanol–water partition coefficient (Wildman–Crippen LogP) is 3.79. The number of rotatable bonds is 10. The predicted molar refractivity (Wildman–Crippen MR) is 133 cm³/mol. The summed E-state index contributed by atoms with van der Waals surface area (Å²) in [5.41, 5.74) is -0.119. The van der Waals surface area contributed by atoms with E-state index in [0.717, 1.165) is 14.9 Å². The molecule has 7 nitrogen and oxygen atoms in total. The SMILES string of the molecule is O=C(COCCNS(=O)(=O)c1cc(CCl)sc1CCl)N1CCC(O)(c2ccc(Br)cc2)CC1. The van der Waals surface area contributed by atoms with Gasteiger partial charge in [-0.05, 0) is 36.6 Å². The lowest BCUT2D eigenvalue weighted by molar-refractivity contribution is -0.140. The first kappa shape index (κ1) is 26.9. The minimum Gasteiger partial charge on any atom is -0.385 e. The van der Waals surface area contributed by atoms with Crippen LogP contribution in [-0.4, -0.2) is 57.2 Å². The van der Waals surface area contributed by atoms with Gasteiger partial charge < -0.3 is 14.7 Å². The monoisotopic (exact) mass is 598 g/mol. The average molecular weight is 600 g/mol. The molecule has 2 aromatic rings. The third kappa shape index (κ3) is 6.91. The summed E-state index contributed by atoms with van der Waals surface area (Å²) in [4.78, 5) is 15.5. The van der Waals surface area contributed by atoms with E-state index in [2.05, 4.69) is 20.7 Å². The quantitative estimate of drug-likeness (QED) is 0.320. The number of hydrogen-bond acceptors (Lipinski definition) is 6. The summed E-state index contributed by atoms with van der Waals surface area (Å²) in [7, 11) is -3.74. The lowest BCUT2D eigenvalue weighted by atomic mass is 9.84. The van der Waals surface area contributed by atoms with E-state index in [4.69, 9.17) is 27.9 Å². The Morgan fingerprint density at radius 2 is 1.88 bits per heavy atom. The summed E-state index contributed by atoms with van der Waals surface area (Å²) in [6.45, 7) is 0.755. The molecule has 1 aliphatic heterocycles. The molecule has 12 heteroatoms. The van der Waals surface area contributed by atoms with E-state index in [-0.39, 0.29) is 42.3 Å². The number of thiophene rings is 1. The number of alkyl halides is 2. The first-order chi connectivity index (χ1) is 15.7. The molecule has 0 bridgehead atoms. The van der Waals surface area contributed by atoms with Crippen molar-refractivity contribution >= 4 is 66.4 Å². The fourth-order valence-electron chi connectivity index (χ4n) is 3.60. The maximum Gasteiger partial charge on any atom is 0.248 e. The number of ether oxygens (including phenoxy) is 1. The summed E-state index contributed by atoms with van der Waals surface area (Å²) in [5, 5.41) is 10.9. The highest BCUT2D eigenvalue weighted by Crippen LogP contribution is 2.33. The Balaban J connectivity index is 1.41. The van der Waals surface area contributed by atoms with E-state index in [9.17, 15) is 18.3 Å². The third-order valence-corrected chi connectivity index (χ3v) is 9.65. The molecule has 1 saturated heterocycles. The van der Waals surface area contributed by atoms with Gasteiger partial charge in [0.2, 0.25) is 15.9 Å². The van der Waals surface area contributed by atoms with Crippen molar-refractivity contribution in [2.24, 2.45) is 0 Å². The van der Waals surface area contributed by atoms with Crippen LogP contribution in [0.3, 0.4) is 0 Å². The van der Waals surface area contributed by atoms with Crippen LogP contribution in [0.25, 0.3) is 0 Å². The Hall–Kier alpha value is -0.720. The second kappa shape index (κ2) is 11.8. The van der Waals surface area contributed by atoms with E-state index < -0.39 is 15.6 Å². The van der Waals surface area contributed by atoms with Crippen LogP contribution in [0.2, 0.25) is 0 Å². The van der Waals surface area contributed by atoms with Crippen LogP contribution in [-0.2, 0) is 36.9 Å². The molecule has 1 aliphatic rings. The van der Waals surface area contributed by atoms with Crippen molar-refractivity contribution in [1.82, 2.24) is 9.62 Å². The van der Waals surface area contributed by atoms with Crippen molar-refractivity contribution in [3.05, 3.63) is 50.1 Å². The fraction of sp³-hybridized carbons (Fsp3) is 0.476. The van der Waals surface area contributed by atoms with Gasteiger partial charge in [-0.3, -0.25) is 4.79 Å². The molecular formula is C21H25BrCl2N2O5S2. The first-order valence-corrected chi connectivity index (χ1v) is 14.4. The largest absolute Gasteiger partial charge is 0.385 e. The molecule has 0 atom stereocenters. The summed E-state index contributed by atoms with van der Waals surface area (Å²) >= 11 is 16.3. The van der Waals surface area contributed by atoms with Crippen LogP contribution >= 0.6 is 50.5 Å². The van der Waals surface area contributed by atoms with Crippen LogP contribution in [0.15, 0.2) is 39.7 Å². The van der Waals surface area contributed by atoms with E-state index in [1.54, 1.807) is 4.90 Å². The van der Waals surface area contributed by atoms with E-state index in [1.165, 1.54) is 17.4 Å². The van der Waals surface area contributed by atoms with Crippen molar-refractivity contribution < 1.29 is 23.1 Å². The van der Waals surface area contributed by atoms with Gasteiger partial charge in [-0.25, -0.2) is 13.1 Å². The standard InChI is InChI=1S/C21H25BrCl2N2O5S2/c22-16-3-1-15(2-4-16)21(28)5-8-26(9-6-21)20(27)14-31-10-7-25-33(29,30)19-11-17(12-23)32-18(19)13-24/h1-4,11,25,28H,5-10,12-14H2. The topological polar surface area (TPSA) is 95.9 Å². The van der Waals surface area contributed by atoms with Crippen molar-refractivity contribution in [3.63, 3.8) is 0 Å². The third-order valence-electron chi connectivity index (χ3n) is 5.45. The number of halogens is 3. The van der Waals surface area contributed by atoms with Gasteiger partial charge in [0.15, 0.2) is 0 Å². The van der Waals surface area contributed by atoms with Crippen LogP contribution in [0.4, 0.5) is 0 Å². The highest BCUT2D eigenvalue weighted by Gasteiger charge is 2.35. The highest BCUT2D eigenvalue weighted by atomic mass is 79.9. The normalized spacial score (nSPS) is 16.2. The first-order valence-electron chi connectivity index (χ1n) is 10.3.